The van der Waals surface area contributed by atoms with Gasteiger partial charge in [0.05, 0.1) is 0 Å². The molecule has 0 aliphatic heterocycles. The Morgan fingerprint density at radius 3 is 1.27 bits per heavy atom. The lowest BCUT2D eigenvalue weighted by Gasteiger charge is -2.02. The summed E-state index contributed by atoms with van der Waals surface area (Å²) in [6, 6.07) is 0. The Balaban J connectivity index is 3.23. The maximum Gasteiger partial charge on any atom is 0.268 e. The fraction of sp³-hybridized carbons (Fsp3) is 0.944. The number of rotatable bonds is 17. The average molecular weight is 312 g/mol. The van der Waals surface area contributed by atoms with Crippen molar-refractivity contribution in [3.63, 3.8) is 0 Å². The van der Waals surface area contributed by atoms with Crippen molar-refractivity contribution in [2.45, 2.75) is 96.3 Å². The molecule has 0 amide bonds. The van der Waals surface area contributed by atoms with Gasteiger partial charge in [-0.3, -0.25) is 0 Å². The molecule has 0 saturated carbocycles. The molecule has 0 aliphatic rings. The quantitative estimate of drug-likeness (QED) is 0.180. The summed E-state index contributed by atoms with van der Waals surface area (Å²) in [6.45, 7) is 0.560. The van der Waals surface area contributed by atoms with Crippen LogP contribution in [0.5, 0.6) is 0 Å². The zero-order chi connectivity index (χ0) is 16.3. The van der Waals surface area contributed by atoms with E-state index in [1.807, 2.05) is 0 Å². The Bertz CT molecular complexity index is 276. The molecule has 0 spiro atoms. The van der Waals surface area contributed by atoms with E-state index in [0.717, 1.165) is 44.2 Å². The number of aliphatic hydroxyl groups excluding tert-OH is 2. The van der Waals surface area contributed by atoms with Crippen molar-refractivity contribution in [2.75, 3.05) is 13.2 Å². The molecule has 0 saturated heterocycles. The number of hydrogen-bond acceptors (Lipinski definition) is 2. The number of aliphatic hydroxyl groups is 2. The van der Waals surface area contributed by atoms with Gasteiger partial charge in [0.1, 0.15) is 0 Å². The molecule has 0 fully saturated rings. The number of unbranched alkanes of at least 4 members (excludes halogenated alkanes) is 11. The molecule has 0 rings (SSSR count). The molecule has 0 aliphatic carbocycles. The lowest BCUT2D eigenvalue weighted by atomic mass is 10.0. The molecule has 0 radical (unpaired) electrons. The molecule has 0 atom stereocenters. The first-order chi connectivity index (χ1) is 10.8. The van der Waals surface area contributed by atoms with E-state index >= 15 is 0 Å². The summed E-state index contributed by atoms with van der Waals surface area (Å²) < 4.78 is 0. The summed E-state index contributed by atoms with van der Waals surface area (Å²) in [4.78, 5) is 3.37. The van der Waals surface area contributed by atoms with Gasteiger partial charge < -0.3 is 15.7 Å². The van der Waals surface area contributed by atoms with Crippen LogP contribution in [0.2, 0.25) is 0 Å². The van der Waals surface area contributed by atoms with Crippen molar-refractivity contribution in [3.8, 4) is 0 Å². The second-order valence-corrected chi connectivity index (χ2v) is 6.21. The summed E-state index contributed by atoms with van der Waals surface area (Å²) in [6.07, 6.45) is 17.0. The van der Waals surface area contributed by atoms with E-state index in [1.54, 1.807) is 0 Å². The molecule has 0 bridgehead atoms. The number of nitrogens with zero attached hydrogens (tertiary/aromatic N) is 2. The van der Waals surface area contributed by atoms with Crippen molar-refractivity contribution in [2.24, 2.45) is 0 Å². The minimum atomic E-state index is 0.222. The monoisotopic (exact) mass is 312 g/mol. The maximum absolute atomic E-state index is 8.91. The predicted octanol–water partition coefficient (Wildman–Crippen LogP) is 4.49. The lowest BCUT2D eigenvalue weighted by Crippen LogP contribution is -2.00. The van der Waals surface area contributed by atoms with Crippen LogP contribution in [-0.2, 0) is 0 Å². The van der Waals surface area contributed by atoms with Gasteiger partial charge in [-0.1, -0.05) is 57.8 Å². The van der Waals surface area contributed by atoms with E-state index in [9.17, 15) is 0 Å². The molecule has 0 aromatic carbocycles. The van der Waals surface area contributed by atoms with E-state index in [4.69, 9.17) is 15.7 Å². The van der Waals surface area contributed by atoms with E-state index in [0.29, 0.717) is 6.61 Å². The summed E-state index contributed by atoms with van der Waals surface area (Å²) in [7, 11) is 0. The van der Waals surface area contributed by atoms with Gasteiger partial charge in [0.15, 0.2) is 0 Å². The molecule has 22 heavy (non-hydrogen) atoms. The van der Waals surface area contributed by atoms with Crippen LogP contribution in [0.3, 0.4) is 0 Å². The van der Waals surface area contributed by atoms with Crippen LogP contribution in [0.1, 0.15) is 96.3 Å². The molecule has 4 nitrogen and oxygen atoms in total. The normalized spacial score (nSPS) is 10.6. The topological polar surface area (TPSA) is 76.9 Å². The first-order valence-corrected chi connectivity index (χ1v) is 9.26. The van der Waals surface area contributed by atoms with Gasteiger partial charge in [0.2, 0.25) is 0 Å². The van der Waals surface area contributed by atoms with Crippen LogP contribution >= 0.6 is 0 Å². The third-order valence-corrected chi connectivity index (χ3v) is 4.14. The first kappa shape index (κ1) is 21.3. The predicted molar refractivity (Wildman–Crippen MR) is 92.1 cm³/mol. The van der Waals surface area contributed by atoms with Gasteiger partial charge in [0, 0.05) is 26.1 Å². The Kier molecular flexibility index (Phi) is 17.8. The molecule has 4 heteroatoms. The Hall–Kier alpha value is -0.700. The lowest BCUT2D eigenvalue weighted by molar-refractivity contribution is -0.0118. The molecule has 130 valence electrons. The van der Waals surface area contributed by atoms with Gasteiger partial charge in [-0.25, -0.2) is 0 Å². The molecule has 0 unspecified atom stereocenters. The van der Waals surface area contributed by atoms with Crippen molar-refractivity contribution in [3.05, 3.63) is 5.53 Å². The molecule has 0 heterocycles. The fourth-order valence-electron chi connectivity index (χ4n) is 2.70. The fourth-order valence-corrected chi connectivity index (χ4v) is 2.70. The minimum absolute atomic E-state index is 0.222. The minimum Gasteiger partial charge on any atom is -0.396 e. The van der Waals surface area contributed by atoms with Crippen molar-refractivity contribution in [1.82, 2.24) is 0 Å². The smallest absolute Gasteiger partial charge is 0.268 e. The van der Waals surface area contributed by atoms with E-state index in [2.05, 4.69) is 4.79 Å². The maximum atomic E-state index is 8.91. The third kappa shape index (κ3) is 15.7. The van der Waals surface area contributed by atoms with Gasteiger partial charge >= 0.3 is 0 Å². The van der Waals surface area contributed by atoms with Crippen molar-refractivity contribution >= 4 is 5.71 Å². The van der Waals surface area contributed by atoms with Crippen LogP contribution in [-0.4, -0.2) is 33.9 Å². The molecule has 2 N–H and O–H groups in total. The van der Waals surface area contributed by atoms with E-state index < -0.39 is 0 Å². The van der Waals surface area contributed by atoms with Crippen LogP contribution in [0.15, 0.2) is 0 Å². The van der Waals surface area contributed by atoms with Gasteiger partial charge in [-0.15, -0.1) is 0 Å². The van der Waals surface area contributed by atoms with Crippen LogP contribution in [0.25, 0.3) is 5.53 Å². The Labute approximate surface area is 136 Å². The van der Waals surface area contributed by atoms with Gasteiger partial charge in [-0.05, 0) is 25.7 Å². The summed E-state index contributed by atoms with van der Waals surface area (Å²) >= 11 is 0. The molecule has 0 aromatic heterocycles. The zero-order valence-electron chi connectivity index (χ0n) is 14.3. The zero-order valence-corrected chi connectivity index (χ0v) is 14.3. The average Bonchev–Trinajstić information content (AvgIpc) is 2.54. The largest absolute Gasteiger partial charge is 0.396 e. The summed E-state index contributed by atoms with van der Waals surface area (Å²) in [5.41, 5.74) is 9.80. The van der Waals surface area contributed by atoms with Crippen LogP contribution in [0.4, 0.5) is 0 Å². The van der Waals surface area contributed by atoms with Crippen molar-refractivity contribution < 1.29 is 15.0 Å². The van der Waals surface area contributed by atoms with Gasteiger partial charge in [-0.2, -0.15) is 4.79 Å². The highest BCUT2D eigenvalue weighted by atomic mass is 16.3. The highest BCUT2D eigenvalue weighted by Gasteiger charge is 2.07. The first-order valence-electron chi connectivity index (χ1n) is 9.26. The summed E-state index contributed by atoms with van der Waals surface area (Å²) in [5.74, 6) is 0. The molecular formula is C18H36N2O2. The SMILES string of the molecule is [N-]=[N+]=C(CCCCO)CCCCCCCCCCCCCO. The highest BCUT2D eigenvalue weighted by molar-refractivity contribution is 5.78. The summed E-state index contributed by atoms with van der Waals surface area (Å²) in [5, 5.41) is 17.4. The molecule has 0 aromatic rings. The van der Waals surface area contributed by atoms with E-state index in [-0.39, 0.29) is 6.61 Å². The Morgan fingerprint density at radius 1 is 0.545 bits per heavy atom. The van der Waals surface area contributed by atoms with E-state index in [1.165, 1.54) is 57.8 Å². The Morgan fingerprint density at radius 2 is 0.864 bits per heavy atom. The van der Waals surface area contributed by atoms with Crippen LogP contribution in [0, 0.1) is 0 Å². The standard InChI is InChI=1S/C18H36N2O2/c19-20-18(15-11-13-17-22)14-10-8-6-4-2-1-3-5-7-9-12-16-21/h21-22H,1-17H2. The molecular weight excluding hydrogens is 276 g/mol. The number of hydrogen-bond donors (Lipinski definition) is 2. The highest BCUT2D eigenvalue weighted by Crippen LogP contribution is 2.12. The second-order valence-electron chi connectivity index (χ2n) is 6.21. The third-order valence-electron chi connectivity index (χ3n) is 4.14. The van der Waals surface area contributed by atoms with Crippen LogP contribution < -0.4 is 0 Å². The second kappa shape index (κ2) is 18.3. The van der Waals surface area contributed by atoms with Gasteiger partial charge in [0.25, 0.3) is 5.71 Å². The van der Waals surface area contributed by atoms with Crippen molar-refractivity contribution in [1.29, 1.82) is 0 Å².